The Hall–Kier alpha value is -4.07. The first-order chi connectivity index (χ1) is 14.8. The monoisotopic (exact) mass is 448 g/mol. The van der Waals surface area contributed by atoms with Gasteiger partial charge < -0.3 is 5.73 Å². The minimum atomic E-state index is -4.43. The highest BCUT2D eigenvalue weighted by Gasteiger charge is 2.30. The van der Waals surface area contributed by atoms with E-state index in [9.17, 15) is 18.0 Å². The summed E-state index contributed by atoms with van der Waals surface area (Å²) in [5.74, 6) is -0.689. The van der Waals surface area contributed by atoms with E-state index >= 15 is 0 Å². The predicted octanol–water partition coefficient (Wildman–Crippen LogP) is 2.74. The molecule has 0 aliphatic rings. The van der Waals surface area contributed by atoms with Crippen LogP contribution in [0.15, 0.2) is 51.5 Å². The molecule has 158 valence electrons. The van der Waals surface area contributed by atoms with Crippen LogP contribution < -0.4 is 11.2 Å². The lowest BCUT2D eigenvalue weighted by atomic mass is 10.1. The zero-order chi connectivity index (χ0) is 22.0. The molecule has 1 aromatic carbocycles. The topological polar surface area (TPSA) is 137 Å². The first-order valence-electron chi connectivity index (χ1n) is 8.43. The fraction of sp³-hybridized carbons (Fsp3) is 0.0588. The highest BCUT2D eigenvalue weighted by atomic mass is 32.1. The molecule has 0 bridgehead atoms. The molecule has 0 aliphatic heterocycles. The number of carbonyl (C=O) groups excluding carboxylic acids is 1. The zero-order valence-electron chi connectivity index (χ0n) is 15.2. The number of anilines is 1. The van der Waals surface area contributed by atoms with Gasteiger partial charge in [-0.05, 0) is 39.5 Å². The number of hydrogen-bond donors (Lipinski definition) is 2. The van der Waals surface area contributed by atoms with Crippen molar-refractivity contribution in [2.24, 2.45) is 5.10 Å². The van der Waals surface area contributed by atoms with Crippen LogP contribution in [0.1, 0.15) is 21.6 Å². The molecule has 0 saturated heterocycles. The molecule has 0 fully saturated rings. The Morgan fingerprint density at radius 1 is 1.23 bits per heavy atom. The second-order valence-corrected chi connectivity index (χ2v) is 6.92. The molecule has 1 amide bonds. The number of amides is 1. The van der Waals surface area contributed by atoms with Crippen molar-refractivity contribution < 1.29 is 22.6 Å². The van der Waals surface area contributed by atoms with E-state index in [1.165, 1.54) is 34.4 Å². The minimum Gasteiger partial charge on any atom is -0.378 e. The Bertz CT molecular complexity index is 1230. The maximum Gasteiger partial charge on any atom is 0.416 e. The number of hydrogen-bond acceptors (Lipinski definition) is 9. The Morgan fingerprint density at radius 2 is 2.00 bits per heavy atom. The fourth-order valence-corrected chi connectivity index (χ4v) is 3.29. The molecule has 31 heavy (non-hydrogen) atoms. The molecule has 14 heteroatoms. The lowest BCUT2D eigenvalue weighted by molar-refractivity contribution is -0.137. The van der Waals surface area contributed by atoms with Gasteiger partial charge in [0.25, 0.3) is 5.91 Å². The first kappa shape index (κ1) is 20.2. The molecular weight excluding hydrogens is 437 g/mol. The number of carbonyl (C=O) groups is 1. The van der Waals surface area contributed by atoms with Gasteiger partial charge in [-0.2, -0.15) is 23.0 Å². The highest BCUT2D eigenvalue weighted by molar-refractivity contribution is 7.13. The van der Waals surface area contributed by atoms with Gasteiger partial charge in [0, 0.05) is 0 Å². The van der Waals surface area contributed by atoms with Gasteiger partial charge >= 0.3 is 6.18 Å². The fourth-order valence-electron chi connectivity index (χ4n) is 2.53. The number of hydrazone groups is 1. The number of halogens is 3. The van der Waals surface area contributed by atoms with Crippen LogP contribution in [0.3, 0.4) is 0 Å². The molecule has 3 heterocycles. The first-order valence-corrected chi connectivity index (χ1v) is 9.31. The van der Waals surface area contributed by atoms with Crippen molar-refractivity contribution in [2.45, 2.75) is 6.18 Å². The number of thiophene rings is 1. The normalized spacial score (nSPS) is 11.8. The van der Waals surface area contributed by atoms with E-state index in [0.717, 1.165) is 12.1 Å². The van der Waals surface area contributed by atoms with Crippen molar-refractivity contribution in [2.75, 3.05) is 5.73 Å². The Morgan fingerprint density at radius 3 is 2.61 bits per heavy atom. The van der Waals surface area contributed by atoms with E-state index in [-0.39, 0.29) is 17.3 Å². The molecule has 10 nitrogen and oxygen atoms in total. The Balaban J connectivity index is 1.57. The van der Waals surface area contributed by atoms with Gasteiger partial charge in [-0.15, -0.1) is 16.4 Å². The summed E-state index contributed by atoms with van der Waals surface area (Å²) in [7, 11) is 0. The number of rotatable bonds is 5. The van der Waals surface area contributed by atoms with E-state index in [1.807, 2.05) is 0 Å². The van der Waals surface area contributed by atoms with Gasteiger partial charge in [0.2, 0.25) is 11.6 Å². The molecule has 0 aliphatic carbocycles. The lowest BCUT2D eigenvalue weighted by Crippen LogP contribution is -2.19. The number of alkyl halides is 3. The number of benzene rings is 1. The third kappa shape index (κ3) is 4.13. The van der Waals surface area contributed by atoms with Crippen molar-refractivity contribution in [1.29, 1.82) is 0 Å². The van der Waals surface area contributed by atoms with Crippen LogP contribution in [-0.2, 0) is 6.18 Å². The number of nitrogens with one attached hydrogen (secondary N) is 1. The van der Waals surface area contributed by atoms with Gasteiger partial charge in [0.1, 0.15) is 5.69 Å². The van der Waals surface area contributed by atoms with Crippen molar-refractivity contribution in [3.8, 4) is 16.4 Å². The third-order valence-electron chi connectivity index (χ3n) is 3.95. The van der Waals surface area contributed by atoms with E-state index in [4.69, 9.17) is 5.73 Å². The average Bonchev–Trinajstić information content (AvgIpc) is 3.47. The zero-order valence-corrected chi connectivity index (χ0v) is 16.1. The van der Waals surface area contributed by atoms with Crippen molar-refractivity contribution in [3.63, 3.8) is 0 Å². The second kappa shape index (κ2) is 7.98. The van der Waals surface area contributed by atoms with Crippen LogP contribution in [0.2, 0.25) is 0 Å². The molecule has 3 aromatic heterocycles. The molecular formula is C17H11F3N8O2S. The average molecular weight is 448 g/mol. The van der Waals surface area contributed by atoms with Crippen molar-refractivity contribution in [1.82, 2.24) is 30.7 Å². The van der Waals surface area contributed by atoms with E-state index < -0.39 is 17.6 Å². The molecule has 0 atom stereocenters. The standard InChI is InChI=1S/C17H11F3N8O2S/c18-17(19,20)10-5-3-9(4-6-10)8-22-24-16(29)12-13(11-2-1-7-31-11)28(27-23-12)15-14(21)25-30-26-15/h1-8H,(H2,21,25)(H,24,29). The Kier molecular flexibility index (Phi) is 5.21. The smallest absolute Gasteiger partial charge is 0.378 e. The van der Waals surface area contributed by atoms with Crippen LogP contribution in [0.25, 0.3) is 16.4 Å². The summed E-state index contributed by atoms with van der Waals surface area (Å²) in [5, 5.41) is 20.5. The highest BCUT2D eigenvalue weighted by Crippen LogP contribution is 2.30. The van der Waals surface area contributed by atoms with Crippen LogP contribution >= 0.6 is 11.3 Å². The summed E-state index contributed by atoms with van der Waals surface area (Å²) in [5.41, 5.74) is 7.78. The van der Waals surface area contributed by atoms with Crippen molar-refractivity contribution >= 4 is 29.3 Å². The summed E-state index contributed by atoms with van der Waals surface area (Å²) >= 11 is 1.32. The minimum absolute atomic E-state index is 0.0463. The SMILES string of the molecule is Nc1nonc1-n1nnc(C(=O)NN=Cc2ccc(C(F)(F)F)cc2)c1-c1cccs1. The predicted molar refractivity (Wildman–Crippen MR) is 103 cm³/mol. The number of nitrogens with two attached hydrogens (primary N) is 1. The van der Waals surface area contributed by atoms with Gasteiger partial charge in [0.05, 0.1) is 16.7 Å². The molecule has 0 unspecified atom stereocenters. The van der Waals surface area contributed by atoms with Crippen molar-refractivity contribution in [3.05, 3.63) is 58.6 Å². The van der Waals surface area contributed by atoms with Gasteiger partial charge in [-0.1, -0.05) is 23.4 Å². The summed E-state index contributed by atoms with van der Waals surface area (Å²) in [6.07, 6.45) is -3.23. The molecule has 0 saturated carbocycles. The van der Waals surface area contributed by atoms with E-state index in [0.29, 0.717) is 16.1 Å². The lowest BCUT2D eigenvalue weighted by Gasteiger charge is -2.05. The third-order valence-corrected chi connectivity index (χ3v) is 4.83. The van der Waals surface area contributed by atoms with Crippen LogP contribution in [0.4, 0.5) is 19.0 Å². The summed E-state index contributed by atoms with van der Waals surface area (Å²) < 4.78 is 43.7. The number of nitrogens with zero attached hydrogens (tertiary/aromatic N) is 6. The second-order valence-electron chi connectivity index (χ2n) is 5.97. The number of aromatic nitrogens is 5. The van der Waals surface area contributed by atoms with E-state index in [1.54, 1.807) is 17.5 Å². The maximum absolute atomic E-state index is 12.6. The van der Waals surface area contributed by atoms with Gasteiger partial charge in [-0.25, -0.2) is 10.1 Å². The van der Waals surface area contributed by atoms with E-state index in [2.05, 4.69) is 35.8 Å². The maximum atomic E-state index is 12.6. The molecule has 0 radical (unpaired) electrons. The summed E-state index contributed by atoms with van der Waals surface area (Å²) in [4.78, 5) is 13.3. The van der Waals surface area contributed by atoms with Crippen LogP contribution in [0, 0.1) is 0 Å². The summed E-state index contributed by atoms with van der Waals surface area (Å²) in [6.45, 7) is 0. The largest absolute Gasteiger partial charge is 0.416 e. The van der Waals surface area contributed by atoms with Gasteiger partial charge in [-0.3, -0.25) is 4.79 Å². The molecule has 0 spiro atoms. The van der Waals surface area contributed by atoms with Gasteiger partial charge in [0.15, 0.2) is 5.69 Å². The molecule has 4 aromatic rings. The quantitative estimate of drug-likeness (QED) is 0.354. The molecule has 3 N–H and O–H groups in total. The number of nitrogen functional groups attached to an aromatic ring is 1. The van der Waals surface area contributed by atoms with Crippen LogP contribution in [-0.4, -0.2) is 37.4 Å². The summed E-state index contributed by atoms with van der Waals surface area (Å²) in [6, 6.07) is 7.80. The van der Waals surface area contributed by atoms with Crippen LogP contribution in [0.5, 0.6) is 0 Å². The molecule has 4 rings (SSSR count). The Labute approximate surface area is 175 Å².